The van der Waals surface area contributed by atoms with Crippen molar-refractivity contribution in [3.05, 3.63) is 28.3 Å². The third-order valence-electron chi connectivity index (χ3n) is 3.14. The summed E-state index contributed by atoms with van der Waals surface area (Å²) < 4.78 is 26.8. The molecular formula is C11H15N3O4S. The van der Waals surface area contributed by atoms with Gasteiger partial charge in [0, 0.05) is 17.8 Å². The number of nitro benzene ring substituents is 1. The lowest BCUT2D eigenvalue weighted by Crippen LogP contribution is -2.34. The first-order chi connectivity index (χ1) is 8.81. The van der Waals surface area contributed by atoms with Crippen LogP contribution in [-0.2, 0) is 10.0 Å². The second-order valence-electron chi connectivity index (χ2n) is 4.73. The van der Waals surface area contributed by atoms with Gasteiger partial charge >= 0.3 is 0 Å². The summed E-state index contributed by atoms with van der Waals surface area (Å²) in [6.45, 7) is 1.76. The van der Waals surface area contributed by atoms with Gasteiger partial charge in [-0.2, -0.15) is 0 Å². The number of nitrogens with two attached hydrogens (primary N) is 1. The van der Waals surface area contributed by atoms with Gasteiger partial charge in [0.05, 0.1) is 4.92 Å². The van der Waals surface area contributed by atoms with Crippen molar-refractivity contribution in [3.63, 3.8) is 0 Å². The molecule has 7 nitrogen and oxygen atoms in total. The molecule has 1 aromatic carbocycles. The van der Waals surface area contributed by atoms with E-state index in [1.165, 1.54) is 6.07 Å². The maximum absolute atomic E-state index is 12.2. The van der Waals surface area contributed by atoms with Gasteiger partial charge in [-0.25, -0.2) is 13.1 Å². The topological polar surface area (TPSA) is 115 Å². The van der Waals surface area contributed by atoms with Crippen LogP contribution in [-0.4, -0.2) is 19.4 Å². The van der Waals surface area contributed by atoms with E-state index < -0.39 is 20.6 Å². The fourth-order valence-electron chi connectivity index (χ4n) is 1.90. The average Bonchev–Trinajstić information content (AvgIpc) is 3.11. The van der Waals surface area contributed by atoms with Gasteiger partial charge in [0.2, 0.25) is 10.0 Å². The predicted octanol–water partition coefficient (Wildman–Crippen LogP) is 1.25. The van der Waals surface area contributed by atoms with Crippen molar-refractivity contribution in [2.45, 2.75) is 30.7 Å². The monoisotopic (exact) mass is 285 g/mol. The summed E-state index contributed by atoms with van der Waals surface area (Å²) >= 11 is 0. The van der Waals surface area contributed by atoms with E-state index in [1.807, 2.05) is 0 Å². The third-order valence-corrected chi connectivity index (χ3v) is 4.75. The summed E-state index contributed by atoms with van der Waals surface area (Å²) in [5.74, 6) is 0.322. The number of anilines is 1. The first-order valence-electron chi connectivity index (χ1n) is 5.87. The van der Waals surface area contributed by atoms with E-state index >= 15 is 0 Å². The van der Waals surface area contributed by atoms with E-state index in [2.05, 4.69) is 4.72 Å². The summed E-state index contributed by atoms with van der Waals surface area (Å²) in [6.07, 6.45) is 1.96. The van der Waals surface area contributed by atoms with Gasteiger partial charge < -0.3 is 5.73 Å². The van der Waals surface area contributed by atoms with E-state index in [9.17, 15) is 18.5 Å². The van der Waals surface area contributed by atoms with Crippen LogP contribution in [0.2, 0.25) is 0 Å². The van der Waals surface area contributed by atoms with E-state index in [1.54, 1.807) is 6.92 Å². The Hall–Kier alpha value is -1.67. The zero-order valence-corrected chi connectivity index (χ0v) is 11.2. The van der Waals surface area contributed by atoms with Crippen molar-refractivity contribution in [1.82, 2.24) is 4.72 Å². The zero-order chi connectivity index (χ0) is 14.2. The molecule has 1 unspecified atom stereocenters. The predicted molar refractivity (Wildman–Crippen MR) is 70.0 cm³/mol. The third kappa shape index (κ3) is 3.02. The molecular weight excluding hydrogens is 270 g/mol. The van der Waals surface area contributed by atoms with Crippen molar-refractivity contribution in [3.8, 4) is 0 Å². The molecule has 0 saturated heterocycles. The number of nitrogen functional groups attached to an aromatic ring is 1. The first kappa shape index (κ1) is 13.8. The van der Waals surface area contributed by atoms with Gasteiger partial charge in [0.25, 0.3) is 5.69 Å². The molecule has 0 heterocycles. The van der Waals surface area contributed by atoms with Crippen LogP contribution in [0.4, 0.5) is 11.4 Å². The highest BCUT2D eigenvalue weighted by Crippen LogP contribution is 2.34. The number of nitro groups is 1. The Morgan fingerprint density at radius 1 is 1.47 bits per heavy atom. The fraction of sp³-hybridized carbons (Fsp3) is 0.455. The second kappa shape index (κ2) is 4.78. The van der Waals surface area contributed by atoms with Crippen LogP contribution in [0.15, 0.2) is 23.1 Å². The highest BCUT2D eigenvalue weighted by Gasteiger charge is 2.33. The van der Waals surface area contributed by atoms with Crippen LogP contribution in [0, 0.1) is 16.0 Å². The Labute approximate surface area is 111 Å². The SMILES string of the molecule is CC(NS(=O)(=O)c1ccc(N)cc1[N+](=O)[O-])C1CC1. The number of nitrogens with one attached hydrogen (secondary N) is 1. The Bertz CT molecular complexity index is 610. The average molecular weight is 285 g/mol. The minimum absolute atomic E-state index is 0.154. The summed E-state index contributed by atoms with van der Waals surface area (Å²) in [6, 6.07) is 3.33. The molecule has 0 radical (unpaired) electrons. The van der Waals surface area contributed by atoms with Crippen molar-refractivity contribution >= 4 is 21.4 Å². The van der Waals surface area contributed by atoms with Gasteiger partial charge in [-0.3, -0.25) is 10.1 Å². The zero-order valence-electron chi connectivity index (χ0n) is 10.4. The van der Waals surface area contributed by atoms with Crippen LogP contribution < -0.4 is 10.5 Å². The number of hydrogen-bond donors (Lipinski definition) is 2. The molecule has 1 fully saturated rings. The molecule has 1 aliphatic rings. The molecule has 0 bridgehead atoms. The molecule has 3 N–H and O–H groups in total. The lowest BCUT2D eigenvalue weighted by atomic mass is 10.2. The molecule has 1 saturated carbocycles. The maximum Gasteiger partial charge on any atom is 0.291 e. The molecule has 0 amide bonds. The lowest BCUT2D eigenvalue weighted by molar-refractivity contribution is -0.387. The Morgan fingerprint density at radius 3 is 2.63 bits per heavy atom. The van der Waals surface area contributed by atoms with Crippen molar-refractivity contribution in [2.24, 2.45) is 5.92 Å². The van der Waals surface area contributed by atoms with Crippen LogP contribution in [0.25, 0.3) is 0 Å². The standard InChI is InChI=1S/C11H15N3O4S/c1-7(8-2-3-8)13-19(17,18)11-5-4-9(12)6-10(11)14(15)16/h4-8,13H,2-3,12H2,1H3. The summed E-state index contributed by atoms with van der Waals surface area (Å²) in [7, 11) is -3.90. The minimum atomic E-state index is -3.90. The summed E-state index contributed by atoms with van der Waals surface area (Å²) in [5, 5.41) is 10.9. The number of nitrogens with zero attached hydrogens (tertiary/aromatic N) is 1. The molecule has 1 aliphatic carbocycles. The van der Waals surface area contributed by atoms with E-state index in [4.69, 9.17) is 5.73 Å². The number of benzene rings is 1. The Morgan fingerprint density at radius 2 is 2.11 bits per heavy atom. The highest BCUT2D eigenvalue weighted by molar-refractivity contribution is 7.89. The fourth-order valence-corrected chi connectivity index (χ4v) is 3.37. The van der Waals surface area contributed by atoms with Gasteiger partial charge in [-0.05, 0) is 37.8 Å². The van der Waals surface area contributed by atoms with Gasteiger partial charge in [-0.15, -0.1) is 0 Å². The van der Waals surface area contributed by atoms with E-state index in [0.717, 1.165) is 25.0 Å². The van der Waals surface area contributed by atoms with E-state index in [-0.39, 0.29) is 16.6 Å². The van der Waals surface area contributed by atoms with Crippen LogP contribution in [0.5, 0.6) is 0 Å². The van der Waals surface area contributed by atoms with E-state index in [0.29, 0.717) is 5.92 Å². The van der Waals surface area contributed by atoms with Crippen molar-refractivity contribution in [2.75, 3.05) is 5.73 Å². The van der Waals surface area contributed by atoms with Crippen molar-refractivity contribution < 1.29 is 13.3 Å². The van der Waals surface area contributed by atoms with Crippen molar-refractivity contribution in [1.29, 1.82) is 0 Å². The number of sulfonamides is 1. The van der Waals surface area contributed by atoms with Gasteiger partial charge in [0.15, 0.2) is 4.90 Å². The quantitative estimate of drug-likeness (QED) is 0.480. The lowest BCUT2D eigenvalue weighted by Gasteiger charge is -2.13. The van der Waals surface area contributed by atoms with Crippen LogP contribution in [0.3, 0.4) is 0 Å². The minimum Gasteiger partial charge on any atom is -0.399 e. The normalized spacial score (nSPS) is 17.1. The molecule has 104 valence electrons. The largest absolute Gasteiger partial charge is 0.399 e. The summed E-state index contributed by atoms with van der Waals surface area (Å²) in [5.41, 5.74) is 5.10. The highest BCUT2D eigenvalue weighted by atomic mass is 32.2. The van der Waals surface area contributed by atoms with Crippen LogP contribution in [0.1, 0.15) is 19.8 Å². The summed E-state index contributed by atoms with van der Waals surface area (Å²) in [4.78, 5) is 9.82. The van der Waals surface area contributed by atoms with Gasteiger partial charge in [0.1, 0.15) is 0 Å². The molecule has 2 rings (SSSR count). The molecule has 1 aromatic rings. The molecule has 1 atom stereocenters. The van der Waals surface area contributed by atoms with Crippen LogP contribution >= 0.6 is 0 Å². The molecule has 8 heteroatoms. The maximum atomic E-state index is 12.2. The molecule has 0 aliphatic heterocycles. The number of hydrogen-bond acceptors (Lipinski definition) is 5. The Balaban J connectivity index is 2.36. The smallest absolute Gasteiger partial charge is 0.291 e. The first-order valence-corrected chi connectivity index (χ1v) is 7.36. The van der Waals surface area contributed by atoms with Gasteiger partial charge in [-0.1, -0.05) is 0 Å². The second-order valence-corrected chi connectivity index (χ2v) is 6.41. The number of rotatable bonds is 5. The molecule has 19 heavy (non-hydrogen) atoms. The molecule has 0 aromatic heterocycles. The Kier molecular flexibility index (Phi) is 3.46. The molecule has 0 spiro atoms.